The van der Waals surface area contributed by atoms with E-state index in [1.165, 1.54) is 0 Å². The van der Waals surface area contributed by atoms with Gasteiger partial charge in [0.25, 0.3) is 5.91 Å². The first-order chi connectivity index (χ1) is 9.46. The van der Waals surface area contributed by atoms with Gasteiger partial charge in [0.2, 0.25) is 0 Å². The smallest absolute Gasteiger partial charge is 0.325 e. The number of aliphatic hydroxyl groups is 1. The predicted octanol–water partition coefficient (Wildman–Crippen LogP) is 2.14. The number of amides is 3. The second-order valence-corrected chi connectivity index (χ2v) is 5.31. The number of nitrogens with one attached hydrogen (secondary N) is 1. The van der Waals surface area contributed by atoms with Crippen LogP contribution in [0.15, 0.2) is 18.2 Å². The molecule has 1 aromatic carbocycles. The summed E-state index contributed by atoms with van der Waals surface area (Å²) in [7, 11) is 0. The van der Waals surface area contributed by atoms with E-state index in [1.54, 1.807) is 25.1 Å². The molecule has 0 saturated carbocycles. The molecule has 5 nitrogen and oxygen atoms in total. The molecule has 108 valence electrons. The minimum atomic E-state index is -1.15. The molecule has 1 unspecified atom stereocenters. The van der Waals surface area contributed by atoms with E-state index < -0.39 is 17.5 Å². The van der Waals surface area contributed by atoms with Crippen LogP contribution < -0.4 is 5.32 Å². The molecule has 0 radical (unpaired) electrons. The first-order valence-corrected chi connectivity index (χ1v) is 6.92. The zero-order valence-corrected chi connectivity index (χ0v) is 12.3. The van der Waals surface area contributed by atoms with Crippen LogP contribution in [0.5, 0.6) is 0 Å². The fourth-order valence-corrected chi connectivity index (χ4v) is 2.63. The minimum Gasteiger partial charge on any atom is -0.395 e. The molecular weight excluding hydrogens is 303 g/mol. The summed E-state index contributed by atoms with van der Waals surface area (Å²) in [5.74, 6) is -0.391. The van der Waals surface area contributed by atoms with Gasteiger partial charge in [-0.3, -0.25) is 9.69 Å². The molecule has 1 atom stereocenters. The van der Waals surface area contributed by atoms with Crippen LogP contribution in [0.4, 0.5) is 4.79 Å². The molecule has 1 fully saturated rings. The topological polar surface area (TPSA) is 69.6 Å². The number of carbonyl (C=O) groups excluding carboxylic acids is 2. The maximum Gasteiger partial charge on any atom is 0.325 e. The summed E-state index contributed by atoms with van der Waals surface area (Å²) >= 11 is 11.9. The van der Waals surface area contributed by atoms with Gasteiger partial charge >= 0.3 is 6.03 Å². The van der Waals surface area contributed by atoms with Crippen molar-refractivity contribution < 1.29 is 14.7 Å². The van der Waals surface area contributed by atoms with E-state index in [0.29, 0.717) is 22.0 Å². The van der Waals surface area contributed by atoms with Crippen molar-refractivity contribution in [3.63, 3.8) is 0 Å². The van der Waals surface area contributed by atoms with Gasteiger partial charge in [-0.15, -0.1) is 0 Å². The summed E-state index contributed by atoms with van der Waals surface area (Å²) < 4.78 is 0. The Hall–Kier alpha value is -1.30. The van der Waals surface area contributed by atoms with Gasteiger partial charge in [-0.25, -0.2) is 4.79 Å². The molecule has 2 N–H and O–H groups in total. The molecule has 3 amide bonds. The third-order valence-electron chi connectivity index (χ3n) is 3.44. The molecule has 20 heavy (non-hydrogen) atoms. The van der Waals surface area contributed by atoms with Crippen LogP contribution >= 0.6 is 23.2 Å². The Bertz CT molecular complexity index is 565. The number of nitrogens with zero attached hydrogens (tertiary/aromatic N) is 1. The maximum absolute atomic E-state index is 12.5. The van der Waals surface area contributed by atoms with Crippen LogP contribution in [0.1, 0.15) is 18.9 Å². The molecule has 0 aliphatic carbocycles. The van der Waals surface area contributed by atoms with E-state index >= 15 is 0 Å². The Labute approximate surface area is 126 Å². The van der Waals surface area contributed by atoms with Crippen molar-refractivity contribution >= 4 is 35.1 Å². The van der Waals surface area contributed by atoms with E-state index in [1.807, 2.05) is 0 Å². The van der Waals surface area contributed by atoms with Crippen molar-refractivity contribution in [3.05, 3.63) is 33.8 Å². The number of aliphatic hydroxyl groups excluding tert-OH is 1. The second-order valence-electron chi connectivity index (χ2n) is 4.50. The average molecular weight is 317 g/mol. The minimum absolute atomic E-state index is 0.0340. The highest BCUT2D eigenvalue weighted by Gasteiger charge is 2.51. The second kappa shape index (κ2) is 5.60. The lowest BCUT2D eigenvalue weighted by molar-refractivity contribution is -0.132. The van der Waals surface area contributed by atoms with Crippen LogP contribution in [-0.2, 0) is 10.3 Å². The third kappa shape index (κ3) is 2.26. The van der Waals surface area contributed by atoms with Crippen LogP contribution in [0.25, 0.3) is 0 Å². The largest absolute Gasteiger partial charge is 0.395 e. The number of imide groups is 1. The summed E-state index contributed by atoms with van der Waals surface area (Å²) in [5, 5.41) is 12.3. The van der Waals surface area contributed by atoms with Gasteiger partial charge in [0.05, 0.1) is 23.2 Å². The van der Waals surface area contributed by atoms with Crippen molar-refractivity contribution in [3.8, 4) is 0 Å². The highest BCUT2D eigenvalue weighted by Crippen LogP contribution is 2.35. The molecule has 1 heterocycles. The zero-order valence-electron chi connectivity index (χ0n) is 10.8. The maximum atomic E-state index is 12.5. The Kier molecular flexibility index (Phi) is 4.22. The molecule has 7 heteroatoms. The molecule has 1 aliphatic heterocycles. The lowest BCUT2D eigenvalue weighted by atomic mass is 9.87. The Morgan fingerprint density at radius 3 is 2.55 bits per heavy atom. The van der Waals surface area contributed by atoms with Crippen LogP contribution in [-0.4, -0.2) is 35.1 Å². The predicted molar refractivity (Wildman–Crippen MR) is 75.8 cm³/mol. The van der Waals surface area contributed by atoms with Gasteiger partial charge in [-0.1, -0.05) is 36.2 Å². The van der Waals surface area contributed by atoms with Crippen molar-refractivity contribution in [1.82, 2.24) is 10.2 Å². The van der Waals surface area contributed by atoms with Crippen LogP contribution in [0.2, 0.25) is 10.0 Å². The Balaban J connectivity index is 2.47. The third-order valence-corrected chi connectivity index (χ3v) is 4.18. The lowest BCUT2D eigenvalue weighted by Crippen LogP contribution is -2.43. The summed E-state index contributed by atoms with van der Waals surface area (Å²) in [5.41, 5.74) is -0.575. The van der Waals surface area contributed by atoms with E-state index in [9.17, 15) is 9.59 Å². The molecule has 0 bridgehead atoms. The van der Waals surface area contributed by atoms with E-state index in [0.717, 1.165) is 4.90 Å². The number of hydrogen-bond acceptors (Lipinski definition) is 3. The van der Waals surface area contributed by atoms with E-state index in [4.69, 9.17) is 28.3 Å². The number of β-amino-alcohol motifs (C(OH)–C–C–N with tert-alkyl or cyclic N) is 1. The van der Waals surface area contributed by atoms with Gasteiger partial charge in [0.1, 0.15) is 5.54 Å². The number of carbonyl (C=O) groups is 2. The van der Waals surface area contributed by atoms with Gasteiger partial charge in [-0.2, -0.15) is 0 Å². The molecule has 1 saturated heterocycles. The SMILES string of the molecule is CCC1(c2ccc(Cl)c(Cl)c2)NC(=O)N(CCO)C1=O. The van der Waals surface area contributed by atoms with Gasteiger partial charge in [0, 0.05) is 0 Å². The number of hydrogen-bond donors (Lipinski definition) is 2. The quantitative estimate of drug-likeness (QED) is 0.836. The Morgan fingerprint density at radius 2 is 2.00 bits per heavy atom. The van der Waals surface area contributed by atoms with Crippen LogP contribution in [0.3, 0.4) is 0 Å². The van der Waals surface area contributed by atoms with Gasteiger partial charge in [0.15, 0.2) is 0 Å². The highest BCUT2D eigenvalue weighted by atomic mass is 35.5. The molecule has 0 spiro atoms. The molecular formula is C13H14Cl2N2O3. The molecule has 1 aromatic rings. The lowest BCUT2D eigenvalue weighted by Gasteiger charge is -2.26. The fraction of sp³-hybridized carbons (Fsp3) is 0.385. The highest BCUT2D eigenvalue weighted by molar-refractivity contribution is 6.42. The zero-order chi connectivity index (χ0) is 14.9. The summed E-state index contributed by atoms with van der Waals surface area (Å²) in [6.07, 6.45) is 0.372. The fourth-order valence-electron chi connectivity index (χ4n) is 2.33. The van der Waals surface area contributed by atoms with Crippen molar-refractivity contribution in [2.45, 2.75) is 18.9 Å². The van der Waals surface area contributed by atoms with Gasteiger partial charge in [-0.05, 0) is 24.1 Å². The standard InChI is InChI=1S/C13H14Cl2N2O3/c1-2-13(8-3-4-9(14)10(15)7-8)11(19)17(5-6-18)12(20)16-13/h3-4,7,18H,2,5-6H2,1H3,(H,16,20). The summed E-state index contributed by atoms with van der Waals surface area (Å²) in [6.45, 7) is 1.48. The van der Waals surface area contributed by atoms with Crippen molar-refractivity contribution in [1.29, 1.82) is 0 Å². The van der Waals surface area contributed by atoms with E-state index in [2.05, 4.69) is 5.32 Å². The van der Waals surface area contributed by atoms with Crippen molar-refractivity contribution in [2.24, 2.45) is 0 Å². The average Bonchev–Trinajstić information content (AvgIpc) is 2.67. The number of urea groups is 1. The first-order valence-electron chi connectivity index (χ1n) is 6.16. The normalized spacial score (nSPS) is 22.3. The molecule has 1 aliphatic rings. The number of rotatable bonds is 4. The van der Waals surface area contributed by atoms with Gasteiger partial charge < -0.3 is 10.4 Å². The van der Waals surface area contributed by atoms with E-state index in [-0.39, 0.29) is 13.2 Å². The monoisotopic (exact) mass is 316 g/mol. The van der Waals surface area contributed by atoms with Crippen molar-refractivity contribution in [2.75, 3.05) is 13.2 Å². The number of halogens is 2. The first kappa shape index (κ1) is 15.1. The summed E-state index contributed by atoms with van der Waals surface area (Å²) in [6, 6.07) is 4.31. The Morgan fingerprint density at radius 1 is 1.30 bits per heavy atom. The molecule has 2 rings (SSSR count). The summed E-state index contributed by atoms with van der Waals surface area (Å²) in [4.78, 5) is 25.4. The molecule has 0 aromatic heterocycles. The van der Waals surface area contributed by atoms with Crippen LogP contribution in [0, 0.1) is 0 Å². The number of benzene rings is 1.